The molecule has 1 aliphatic heterocycles. The predicted octanol–water partition coefficient (Wildman–Crippen LogP) is 0.710. The molecule has 0 radical (unpaired) electrons. The largest absolute Gasteiger partial charge is 0.497 e. The van der Waals surface area contributed by atoms with Crippen molar-refractivity contribution in [3.05, 3.63) is 24.3 Å². The van der Waals surface area contributed by atoms with Crippen molar-refractivity contribution in [2.24, 2.45) is 0 Å². The highest BCUT2D eigenvalue weighted by Crippen LogP contribution is 2.21. The number of benzene rings is 1. The van der Waals surface area contributed by atoms with Crippen molar-refractivity contribution in [1.29, 1.82) is 0 Å². The predicted molar refractivity (Wildman–Crippen MR) is 87.2 cm³/mol. The number of amides is 1. The number of hydrogen-bond acceptors (Lipinski definition) is 5. The summed E-state index contributed by atoms with van der Waals surface area (Å²) in [4.78, 5) is 13.9. The van der Waals surface area contributed by atoms with E-state index in [-0.39, 0.29) is 18.9 Å². The molecule has 0 aromatic heterocycles. The third-order valence-electron chi connectivity index (χ3n) is 3.65. The van der Waals surface area contributed by atoms with E-state index in [4.69, 9.17) is 9.47 Å². The van der Waals surface area contributed by atoms with Crippen molar-refractivity contribution in [3.63, 3.8) is 0 Å². The van der Waals surface area contributed by atoms with E-state index in [1.807, 2.05) is 0 Å². The lowest BCUT2D eigenvalue weighted by Gasteiger charge is -2.28. The molecular formula is C15H22N2O5S. The summed E-state index contributed by atoms with van der Waals surface area (Å²) >= 11 is 0. The Bertz CT molecular complexity index is 624. The zero-order valence-electron chi connectivity index (χ0n) is 13.4. The average molecular weight is 342 g/mol. The number of methoxy groups -OCH3 is 1. The van der Waals surface area contributed by atoms with Gasteiger partial charge in [-0.3, -0.25) is 9.10 Å². The summed E-state index contributed by atoms with van der Waals surface area (Å²) in [5.41, 5.74) is 0.517. The smallest absolute Gasteiger partial charge is 0.232 e. The lowest BCUT2D eigenvalue weighted by atomic mass is 10.2. The average Bonchev–Trinajstić information content (AvgIpc) is 2.55. The van der Waals surface area contributed by atoms with Gasteiger partial charge in [-0.05, 0) is 24.3 Å². The first-order valence-electron chi connectivity index (χ1n) is 7.39. The first kappa shape index (κ1) is 17.6. The van der Waals surface area contributed by atoms with E-state index in [1.54, 1.807) is 36.3 Å². The zero-order valence-corrected chi connectivity index (χ0v) is 14.2. The van der Waals surface area contributed by atoms with E-state index in [0.717, 1.165) is 6.26 Å². The highest BCUT2D eigenvalue weighted by atomic mass is 32.2. The first-order chi connectivity index (χ1) is 10.9. The number of anilines is 1. The molecule has 1 heterocycles. The highest BCUT2D eigenvalue weighted by Gasteiger charge is 2.22. The third-order valence-corrected chi connectivity index (χ3v) is 4.85. The summed E-state index contributed by atoms with van der Waals surface area (Å²) < 4.78 is 35.6. The van der Waals surface area contributed by atoms with Crippen LogP contribution < -0.4 is 9.04 Å². The summed E-state index contributed by atoms with van der Waals surface area (Å²) in [6.45, 7) is 2.28. The molecule has 128 valence electrons. The Morgan fingerprint density at radius 2 is 1.87 bits per heavy atom. The molecule has 8 heteroatoms. The van der Waals surface area contributed by atoms with E-state index >= 15 is 0 Å². The molecule has 1 aromatic rings. The summed E-state index contributed by atoms with van der Waals surface area (Å²) in [6, 6.07) is 6.72. The van der Waals surface area contributed by atoms with Gasteiger partial charge in [-0.2, -0.15) is 0 Å². The van der Waals surface area contributed by atoms with Crippen LogP contribution in [0.1, 0.15) is 6.42 Å². The maximum Gasteiger partial charge on any atom is 0.232 e. The lowest BCUT2D eigenvalue weighted by molar-refractivity contribution is -0.134. The number of sulfonamides is 1. The van der Waals surface area contributed by atoms with Gasteiger partial charge in [0.15, 0.2) is 0 Å². The molecule has 0 unspecified atom stereocenters. The summed E-state index contributed by atoms with van der Waals surface area (Å²) in [5, 5.41) is 0. The van der Waals surface area contributed by atoms with Crippen LogP contribution in [-0.2, 0) is 19.6 Å². The minimum absolute atomic E-state index is 0.0598. The maximum absolute atomic E-state index is 12.2. The molecule has 0 aliphatic carbocycles. The third kappa shape index (κ3) is 4.84. The standard InChI is InChI=1S/C15H22N2O5S/c1-21-14-5-3-13(4-6-14)17(23(2,19)20)8-7-15(18)16-9-11-22-12-10-16/h3-6H,7-12H2,1-2H3. The van der Waals surface area contributed by atoms with E-state index in [9.17, 15) is 13.2 Å². The second-order valence-corrected chi connectivity index (χ2v) is 7.18. The molecule has 1 saturated heterocycles. The van der Waals surface area contributed by atoms with Crippen LogP contribution in [0.3, 0.4) is 0 Å². The highest BCUT2D eigenvalue weighted by molar-refractivity contribution is 7.92. The molecule has 1 amide bonds. The number of ether oxygens (including phenoxy) is 2. The van der Waals surface area contributed by atoms with Gasteiger partial charge in [0.1, 0.15) is 5.75 Å². The van der Waals surface area contributed by atoms with Crippen molar-refractivity contribution < 1.29 is 22.7 Å². The number of morpholine rings is 1. The number of hydrogen-bond donors (Lipinski definition) is 0. The molecule has 23 heavy (non-hydrogen) atoms. The fourth-order valence-electron chi connectivity index (χ4n) is 2.40. The van der Waals surface area contributed by atoms with E-state index in [2.05, 4.69) is 0 Å². The first-order valence-corrected chi connectivity index (χ1v) is 9.24. The Kier molecular flexibility index (Phi) is 5.84. The SMILES string of the molecule is COc1ccc(N(CCC(=O)N2CCOCC2)S(C)(=O)=O)cc1. The molecule has 0 N–H and O–H groups in total. The molecule has 1 aliphatic rings. The summed E-state index contributed by atoms with van der Waals surface area (Å²) in [6.07, 6.45) is 1.27. The van der Waals surface area contributed by atoms with Crippen LogP contribution in [0.25, 0.3) is 0 Å². The minimum Gasteiger partial charge on any atom is -0.497 e. The Morgan fingerprint density at radius 3 is 2.39 bits per heavy atom. The van der Waals surface area contributed by atoms with Crippen LogP contribution in [0.5, 0.6) is 5.75 Å². The second kappa shape index (κ2) is 7.65. The van der Waals surface area contributed by atoms with Crippen molar-refractivity contribution in [2.75, 3.05) is 50.5 Å². The van der Waals surface area contributed by atoms with Crippen LogP contribution in [0.15, 0.2) is 24.3 Å². The Hall–Kier alpha value is -1.80. The van der Waals surface area contributed by atoms with E-state index in [1.165, 1.54) is 4.31 Å². The van der Waals surface area contributed by atoms with Gasteiger partial charge in [-0.15, -0.1) is 0 Å². The maximum atomic E-state index is 12.2. The monoisotopic (exact) mass is 342 g/mol. The van der Waals surface area contributed by atoms with Crippen LogP contribution >= 0.6 is 0 Å². The van der Waals surface area contributed by atoms with E-state index in [0.29, 0.717) is 37.7 Å². The summed E-state index contributed by atoms with van der Waals surface area (Å²) in [7, 11) is -1.92. The Labute approximate surface area is 136 Å². The van der Waals surface area contributed by atoms with Gasteiger partial charge in [0, 0.05) is 26.1 Å². The van der Waals surface area contributed by atoms with Gasteiger partial charge < -0.3 is 14.4 Å². The molecule has 7 nitrogen and oxygen atoms in total. The van der Waals surface area contributed by atoms with Crippen molar-refractivity contribution in [2.45, 2.75) is 6.42 Å². The van der Waals surface area contributed by atoms with Crippen molar-refractivity contribution in [1.82, 2.24) is 4.90 Å². The van der Waals surface area contributed by atoms with Gasteiger partial charge in [0.05, 0.1) is 32.3 Å². The van der Waals surface area contributed by atoms with Crippen molar-refractivity contribution >= 4 is 21.6 Å². The number of nitrogens with zero attached hydrogens (tertiary/aromatic N) is 2. The quantitative estimate of drug-likeness (QED) is 0.761. The van der Waals surface area contributed by atoms with Crippen LogP contribution in [0.2, 0.25) is 0 Å². The number of rotatable bonds is 6. The molecule has 0 spiro atoms. The Morgan fingerprint density at radius 1 is 1.26 bits per heavy atom. The van der Waals surface area contributed by atoms with E-state index < -0.39 is 10.0 Å². The van der Waals surface area contributed by atoms with Gasteiger partial charge in [0.2, 0.25) is 15.9 Å². The Balaban J connectivity index is 2.05. The van der Waals surface area contributed by atoms with Crippen LogP contribution in [-0.4, -0.2) is 65.4 Å². The topological polar surface area (TPSA) is 76.2 Å². The molecule has 0 bridgehead atoms. The molecule has 0 atom stereocenters. The van der Waals surface area contributed by atoms with Gasteiger partial charge >= 0.3 is 0 Å². The molecule has 0 saturated carbocycles. The molecule has 2 rings (SSSR count). The fraction of sp³-hybridized carbons (Fsp3) is 0.533. The van der Waals surface area contributed by atoms with Crippen molar-refractivity contribution in [3.8, 4) is 5.75 Å². The fourth-order valence-corrected chi connectivity index (χ4v) is 3.33. The number of carbonyl (C=O) groups excluding carboxylic acids is 1. The van der Waals surface area contributed by atoms with Crippen LogP contribution in [0, 0.1) is 0 Å². The van der Waals surface area contributed by atoms with Gasteiger partial charge in [-0.25, -0.2) is 8.42 Å². The zero-order chi connectivity index (χ0) is 16.9. The number of carbonyl (C=O) groups is 1. The minimum atomic E-state index is -3.47. The van der Waals surface area contributed by atoms with Crippen LogP contribution in [0.4, 0.5) is 5.69 Å². The summed E-state index contributed by atoms with van der Waals surface area (Å²) in [5.74, 6) is 0.585. The van der Waals surface area contributed by atoms with Gasteiger partial charge in [-0.1, -0.05) is 0 Å². The second-order valence-electron chi connectivity index (χ2n) is 5.28. The molecule has 1 fully saturated rings. The molecular weight excluding hydrogens is 320 g/mol. The normalized spacial score (nSPS) is 15.3. The molecule has 1 aromatic carbocycles. The van der Waals surface area contributed by atoms with Gasteiger partial charge in [0.25, 0.3) is 0 Å². The lowest BCUT2D eigenvalue weighted by Crippen LogP contribution is -2.42.